The summed E-state index contributed by atoms with van der Waals surface area (Å²) in [5.41, 5.74) is 0.698. The van der Waals surface area contributed by atoms with E-state index < -0.39 is 18.2 Å². The second-order valence-electron chi connectivity index (χ2n) is 4.65. The van der Waals surface area contributed by atoms with Crippen LogP contribution in [0.2, 0.25) is 0 Å². The SMILES string of the molecule is COc1cc([C@@H]2NC(=S)N[C@H](O)[C@@H]2C#N)cc(OC)c1OC. The molecule has 1 heterocycles. The summed E-state index contributed by atoms with van der Waals surface area (Å²) in [7, 11) is 4.54. The molecule has 0 unspecified atom stereocenters. The third-order valence-corrected chi connectivity index (χ3v) is 3.70. The first kappa shape index (κ1) is 16.1. The Morgan fingerprint density at radius 2 is 1.73 bits per heavy atom. The Balaban J connectivity index is 2.50. The van der Waals surface area contributed by atoms with E-state index >= 15 is 0 Å². The zero-order valence-corrected chi connectivity index (χ0v) is 13.2. The monoisotopic (exact) mass is 323 g/mol. The molecule has 1 aromatic rings. The Morgan fingerprint density at radius 1 is 1.14 bits per heavy atom. The Kier molecular flexibility index (Phi) is 4.90. The lowest BCUT2D eigenvalue weighted by Crippen LogP contribution is -2.55. The minimum Gasteiger partial charge on any atom is -0.493 e. The summed E-state index contributed by atoms with van der Waals surface area (Å²) in [5.74, 6) is 0.664. The lowest BCUT2D eigenvalue weighted by Gasteiger charge is -2.35. The molecule has 1 aliphatic rings. The number of nitriles is 1. The summed E-state index contributed by atoms with van der Waals surface area (Å²) >= 11 is 5.05. The van der Waals surface area contributed by atoms with Gasteiger partial charge in [0, 0.05) is 0 Å². The third-order valence-electron chi connectivity index (χ3n) is 3.46. The van der Waals surface area contributed by atoms with Crippen LogP contribution in [0, 0.1) is 17.2 Å². The number of hydrogen-bond acceptors (Lipinski definition) is 6. The second kappa shape index (κ2) is 6.68. The van der Waals surface area contributed by atoms with Crippen molar-refractivity contribution < 1.29 is 19.3 Å². The number of nitrogens with one attached hydrogen (secondary N) is 2. The number of methoxy groups -OCH3 is 3. The number of aliphatic hydroxyl groups excluding tert-OH is 1. The van der Waals surface area contributed by atoms with Gasteiger partial charge in [-0.2, -0.15) is 5.26 Å². The van der Waals surface area contributed by atoms with Crippen LogP contribution >= 0.6 is 12.2 Å². The van der Waals surface area contributed by atoms with Crippen LogP contribution in [-0.2, 0) is 0 Å². The van der Waals surface area contributed by atoms with Gasteiger partial charge >= 0.3 is 0 Å². The van der Waals surface area contributed by atoms with Gasteiger partial charge in [0.15, 0.2) is 16.6 Å². The van der Waals surface area contributed by atoms with E-state index in [4.69, 9.17) is 26.4 Å². The molecular formula is C14H17N3O4S. The van der Waals surface area contributed by atoms with E-state index in [1.165, 1.54) is 21.3 Å². The lowest BCUT2D eigenvalue weighted by molar-refractivity contribution is 0.0895. The predicted molar refractivity (Wildman–Crippen MR) is 82.8 cm³/mol. The number of ether oxygens (including phenoxy) is 3. The molecule has 0 radical (unpaired) electrons. The van der Waals surface area contributed by atoms with Crippen LogP contribution in [0.1, 0.15) is 11.6 Å². The minimum atomic E-state index is -1.05. The molecule has 1 aliphatic heterocycles. The van der Waals surface area contributed by atoms with Crippen LogP contribution in [-0.4, -0.2) is 37.8 Å². The van der Waals surface area contributed by atoms with Crippen molar-refractivity contribution in [2.24, 2.45) is 5.92 Å². The molecule has 8 heteroatoms. The van der Waals surface area contributed by atoms with Crippen molar-refractivity contribution in [3.63, 3.8) is 0 Å². The molecule has 3 atom stereocenters. The zero-order chi connectivity index (χ0) is 16.3. The van der Waals surface area contributed by atoms with Crippen LogP contribution in [0.15, 0.2) is 12.1 Å². The van der Waals surface area contributed by atoms with E-state index in [2.05, 4.69) is 16.7 Å². The molecule has 7 nitrogen and oxygen atoms in total. The van der Waals surface area contributed by atoms with Crippen molar-refractivity contribution in [3.8, 4) is 23.3 Å². The van der Waals surface area contributed by atoms with Gasteiger partial charge in [0.2, 0.25) is 5.75 Å². The van der Waals surface area contributed by atoms with Crippen molar-refractivity contribution in [2.75, 3.05) is 21.3 Å². The summed E-state index contributed by atoms with van der Waals surface area (Å²) in [5, 5.41) is 25.2. The molecular weight excluding hydrogens is 306 g/mol. The van der Waals surface area contributed by atoms with Crippen molar-refractivity contribution in [2.45, 2.75) is 12.3 Å². The number of thiocarbonyl (C=S) groups is 1. The largest absolute Gasteiger partial charge is 0.493 e. The summed E-state index contributed by atoms with van der Waals surface area (Å²) in [6.07, 6.45) is -1.05. The van der Waals surface area contributed by atoms with E-state index in [9.17, 15) is 10.4 Å². The summed E-state index contributed by atoms with van der Waals surface area (Å²) < 4.78 is 15.9. The van der Waals surface area contributed by atoms with Gasteiger partial charge < -0.3 is 30.0 Å². The molecule has 2 rings (SSSR count). The zero-order valence-electron chi connectivity index (χ0n) is 12.4. The summed E-state index contributed by atoms with van der Waals surface area (Å²) in [4.78, 5) is 0. The summed E-state index contributed by atoms with van der Waals surface area (Å²) in [6.45, 7) is 0. The van der Waals surface area contributed by atoms with E-state index in [0.717, 1.165) is 0 Å². The Bertz CT molecular complexity index is 592. The predicted octanol–water partition coefficient (Wildman–Crippen LogP) is 0.689. The fourth-order valence-corrected chi connectivity index (χ4v) is 2.64. The highest BCUT2D eigenvalue weighted by Gasteiger charge is 2.36. The Morgan fingerprint density at radius 3 is 2.18 bits per heavy atom. The number of rotatable bonds is 4. The molecule has 0 saturated carbocycles. The molecule has 118 valence electrons. The van der Waals surface area contributed by atoms with Gasteiger partial charge in [-0.1, -0.05) is 0 Å². The number of nitrogens with zero attached hydrogens (tertiary/aromatic N) is 1. The normalized spacial score (nSPS) is 23.8. The highest BCUT2D eigenvalue weighted by molar-refractivity contribution is 7.80. The molecule has 0 spiro atoms. The van der Waals surface area contributed by atoms with Crippen LogP contribution in [0.3, 0.4) is 0 Å². The molecule has 3 N–H and O–H groups in total. The standard InChI is InChI=1S/C14H17N3O4S/c1-19-9-4-7(5-10(20-2)12(9)21-3)11-8(6-15)13(18)17-14(22)16-11/h4-5,8,11,13,18H,1-3H3,(H2,16,17,22)/t8-,11+,13-/m1/s1. The smallest absolute Gasteiger partial charge is 0.203 e. The van der Waals surface area contributed by atoms with E-state index in [0.29, 0.717) is 22.8 Å². The van der Waals surface area contributed by atoms with E-state index in [1.807, 2.05) is 0 Å². The molecule has 1 aromatic carbocycles. The van der Waals surface area contributed by atoms with Crippen molar-refractivity contribution in [1.82, 2.24) is 10.6 Å². The average Bonchev–Trinajstić information content (AvgIpc) is 2.52. The van der Waals surface area contributed by atoms with Crippen LogP contribution in [0.5, 0.6) is 17.2 Å². The quantitative estimate of drug-likeness (QED) is 0.697. The molecule has 1 saturated heterocycles. The lowest BCUT2D eigenvalue weighted by atomic mass is 9.90. The van der Waals surface area contributed by atoms with Crippen LogP contribution in [0.4, 0.5) is 0 Å². The maximum Gasteiger partial charge on any atom is 0.203 e. The van der Waals surface area contributed by atoms with Gasteiger partial charge in [0.1, 0.15) is 12.1 Å². The van der Waals surface area contributed by atoms with Gasteiger partial charge in [0.25, 0.3) is 0 Å². The molecule has 0 amide bonds. The maximum absolute atomic E-state index is 9.98. The maximum atomic E-state index is 9.98. The van der Waals surface area contributed by atoms with Gasteiger partial charge in [-0.15, -0.1) is 0 Å². The molecule has 0 aromatic heterocycles. The fourth-order valence-electron chi connectivity index (χ4n) is 2.40. The highest BCUT2D eigenvalue weighted by Crippen LogP contribution is 2.41. The van der Waals surface area contributed by atoms with E-state index in [-0.39, 0.29) is 5.11 Å². The topological polar surface area (TPSA) is 95.8 Å². The second-order valence-corrected chi connectivity index (χ2v) is 5.06. The Labute approximate surface area is 133 Å². The third kappa shape index (κ3) is 2.86. The first-order valence-electron chi connectivity index (χ1n) is 6.50. The first-order valence-corrected chi connectivity index (χ1v) is 6.91. The van der Waals surface area contributed by atoms with Gasteiger partial charge in [-0.05, 0) is 29.9 Å². The van der Waals surface area contributed by atoms with Crippen molar-refractivity contribution in [3.05, 3.63) is 17.7 Å². The molecule has 0 bridgehead atoms. The van der Waals surface area contributed by atoms with Crippen LogP contribution in [0.25, 0.3) is 0 Å². The van der Waals surface area contributed by atoms with Crippen molar-refractivity contribution >= 4 is 17.3 Å². The fraction of sp³-hybridized carbons (Fsp3) is 0.429. The first-order chi connectivity index (χ1) is 10.5. The average molecular weight is 323 g/mol. The Hall–Kier alpha value is -2.24. The molecule has 1 fully saturated rings. The van der Waals surface area contributed by atoms with Gasteiger partial charge in [0.05, 0.1) is 33.4 Å². The van der Waals surface area contributed by atoms with Gasteiger partial charge in [-0.25, -0.2) is 0 Å². The summed E-state index contributed by atoms with van der Waals surface area (Å²) in [6, 6.07) is 5.03. The number of aliphatic hydroxyl groups is 1. The number of hydrogen-bond donors (Lipinski definition) is 3. The minimum absolute atomic E-state index is 0.276. The highest BCUT2D eigenvalue weighted by atomic mass is 32.1. The van der Waals surface area contributed by atoms with Crippen molar-refractivity contribution in [1.29, 1.82) is 5.26 Å². The molecule has 0 aliphatic carbocycles. The molecule has 22 heavy (non-hydrogen) atoms. The van der Waals surface area contributed by atoms with Crippen LogP contribution < -0.4 is 24.8 Å². The van der Waals surface area contributed by atoms with Gasteiger partial charge in [-0.3, -0.25) is 0 Å². The van der Waals surface area contributed by atoms with E-state index in [1.54, 1.807) is 12.1 Å². The number of benzene rings is 1.